The zero-order valence-corrected chi connectivity index (χ0v) is 12.2. The second-order valence-electron chi connectivity index (χ2n) is 5.40. The quantitative estimate of drug-likeness (QED) is 0.639. The molecule has 1 saturated carbocycles. The van der Waals surface area contributed by atoms with Crippen LogP contribution < -0.4 is 10.1 Å². The Morgan fingerprint density at radius 1 is 1.35 bits per heavy atom. The standard InChI is InChI=1S/C16H25NO3/c1-19-16-5-3-2-4-14(16)8-9-17-10-15(18)12-20-11-13-6-7-13/h2-5,13,15,17-18H,6-12H2,1H3. The molecule has 1 atom stereocenters. The van der Waals surface area contributed by atoms with Crippen molar-refractivity contribution in [1.29, 1.82) is 0 Å². The van der Waals surface area contributed by atoms with Gasteiger partial charge in [0.25, 0.3) is 0 Å². The molecule has 112 valence electrons. The molecule has 1 aromatic rings. The number of aliphatic hydroxyl groups is 1. The maximum atomic E-state index is 9.77. The van der Waals surface area contributed by atoms with Crippen molar-refractivity contribution in [3.8, 4) is 5.75 Å². The van der Waals surface area contributed by atoms with Gasteiger partial charge in [-0.05, 0) is 43.4 Å². The minimum atomic E-state index is -0.425. The monoisotopic (exact) mass is 279 g/mol. The van der Waals surface area contributed by atoms with Gasteiger partial charge in [-0.3, -0.25) is 0 Å². The first-order chi connectivity index (χ1) is 9.79. The molecule has 1 fully saturated rings. The Labute approximate surface area is 121 Å². The third-order valence-electron chi connectivity index (χ3n) is 3.50. The van der Waals surface area contributed by atoms with Crippen molar-refractivity contribution < 1.29 is 14.6 Å². The molecule has 0 aromatic heterocycles. The Morgan fingerprint density at radius 2 is 2.15 bits per heavy atom. The summed E-state index contributed by atoms with van der Waals surface area (Å²) in [6.45, 7) is 2.62. The summed E-state index contributed by atoms with van der Waals surface area (Å²) in [6.07, 6.45) is 3.03. The van der Waals surface area contributed by atoms with Crippen molar-refractivity contribution in [1.82, 2.24) is 5.32 Å². The van der Waals surface area contributed by atoms with Gasteiger partial charge in [0.1, 0.15) is 5.75 Å². The maximum absolute atomic E-state index is 9.77. The summed E-state index contributed by atoms with van der Waals surface area (Å²) in [7, 11) is 1.69. The summed E-state index contributed by atoms with van der Waals surface area (Å²) in [4.78, 5) is 0. The van der Waals surface area contributed by atoms with E-state index >= 15 is 0 Å². The molecular weight excluding hydrogens is 254 g/mol. The number of methoxy groups -OCH3 is 1. The number of para-hydroxylation sites is 1. The molecule has 0 saturated heterocycles. The summed E-state index contributed by atoms with van der Waals surface area (Å²) in [6, 6.07) is 8.01. The Morgan fingerprint density at radius 3 is 2.90 bits per heavy atom. The van der Waals surface area contributed by atoms with E-state index in [1.54, 1.807) is 7.11 Å². The predicted molar refractivity (Wildman–Crippen MR) is 79.1 cm³/mol. The van der Waals surface area contributed by atoms with Gasteiger partial charge in [-0.2, -0.15) is 0 Å². The molecule has 4 nitrogen and oxygen atoms in total. The van der Waals surface area contributed by atoms with Crippen LogP contribution in [0.3, 0.4) is 0 Å². The number of hydrogen-bond acceptors (Lipinski definition) is 4. The number of rotatable bonds is 10. The van der Waals surface area contributed by atoms with Gasteiger partial charge in [0.05, 0.1) is 19.8 Å². The van der Waals surface area contributed by atoms with Gasteiger partial charge in [0.2, 0.25) is 0 Å². The lowest BCUT2D eigenvalue weighted by atomic mass is 10.1. The van der Waals surface area contributed by atoms with Crippen LogP contribution in [-0.4, -0.2) is 44.6 Å². The van der Waals surface area contributed by atoms with Crippen LogP contribution in [0.25, 0.3) is 0 Å². The maximum Gasteiger partial charge on any atom is 0.122 e. The number of nitrogens with one attached hydrogen (secondary N) is 1. The fourth-order valence-corrected chi connectivity index (χ4v) is 2.12. The lowest BCUT2D eigenvalue weighted by molar-refractivity contribution is 0.0327. The summed E-state index contributed by atoms with van der Waals surface area (Å²) >= 11 is 0. The highest BCUT2D eigenvalue weighted by Gasteiger charge is 2.21. The average Bonchev–Trinajstić information content (AvgIpc) is 3.28. The van der Waals surface area contributed by atoms with Crippen molar-refractivity contribution in [3.63, 3.8) is 0 Å². The molecule has 0 spiro atoms. The summed E-state index contributed by atoms with van der Waals surface area (Å²) in [5.41, 5.74) is 1.18. The number of hydrogen-bond donors (Lipinski definition) is 2. The topological polar surface area (TPSA) is 50.7 Å². The number of ether oxygens (including phenoxy) is 2. The third-order valence-corrected chi connectivity index (χ3v) is 3.50. The third kappa shape index (κ3) is 5.49. The minimum absolute atomic E-state index is 0.425. The van der Waals surface area contributed by atoms with E-state index in [9.17, 15) is 5.11 Å². The lowest BCUT2D eigenvalue weighted by Crippen LogP contribution is -2.31. The van der Waals surface area contributed by atoms with Crippen molar-refractivity contribution >= 4 is 0 Å². The Kier molecular flexibility index (Phi) is 6.30. The molecule has 1 unspecified atom stereocenters. The van der Waals surface area contributed by atoms with E-state index in [4.69, 9.17) is 9.47 Å². The molecule has 20 heavy (non-hydrogen) atoms. The van der Waals surface area contributed by atoms with Gasteiger partial charge in [-0.25, -0.2) is 0 Å². The van der Waals surface area contributed by atoms with Crippen molar-refractivity contribution in [2.75, 3.05) is 33.4 Å². The van der Waals surface area contributed by atoms with Crippen LogP contribution in [0.4, 0.5) is 0 Å². The van der Waals surface area contributed by atoms with Crippen LogP contribution in [0, 0.1) is 5.92 Å². The van der Waals surface area contributed by atoms with Crippen LogP contribution in [0.2, 0.25) is 0 Å². The molecule has 0 heterocycles. The molecule has 0 aliphatic heterocycles. The van der Waals surface area contributed by atoms with E-state index in [0.717, 1.165) is 31.2 Å². The van der Waals surface area contributed by atoms with E-state index in [1.807, 2.05) is 18.2 Å². The zero-order valence-electron chi connectivity index (χ0n) is 12.2. The summed E-state index contributed by atoms with van der Waals surface area (Å²) < 4.78 is 10.8. The SMILES string of the molecule is COc1ccccc1CCNCC(O)COCC1CC1. The normalized spacial score (nSPS) is 16.1. The Hall–Kier alpha value is -1.10. The van der Waals surface area contributed by atoms with Crippen molar-refractivity contribution in [2.24, 2.45) is 5.92 Å². The van der Waals surface area contributed by atoms with Gasteiger partial charge >= 0.3 is 0 Å². The highest BCUT2D eigenvalue weighted by molar-refractivity contribution is 5.33. The molecule has 1 aromatic carbocycles. The minimum Gasteiger partial charge on any atom is -0.496 e. The summed E-state index contributed by atoms with van der Waals surface area (Å²) in [5, 5.41) is 13.0. The second kappa shape index (κ2) is 8.25. The van der Waals surface area contributed by atoms with Gasteiger partial charge in [-0.15, -0.1) is 0 Å². The van der Waals surface area contributed by atoms with E-state index in [1.165, 1.54) is 18.4 Å². The first-order valence-electron chi connectivity index (χ1n) is 7.38. The molecule has 1 aliphatic rings. The van der Waals surface area contributed by atoms with E-state index in [2.05, 4.69) is 11.4 Å². The second-order valence-corrected chi connectivity index (χ2v) is 5.40. The van der Waals surface area contributed by atoms with Gasteiger partial charge in [0, 0.05) is 13.2 Å². The largest absolute Gasteiger partial charge is 0.496 e. The highest BCUT2D eigenvalue weighted by Crippen LogP contribution is 2.28. The molecule has 1 aliphatic carbocycles. The predicted octanol–water partition coefficient (Wildman–Crippen LogP) is 1.61. The average molecular weight is 279 g/mol. The molecule has 0 amide bonds. The number of aliphatic hydroxyl groups excluding tert-OH is 1. The Bertz CT molecular complexity index is 393. The smallest absolute Gasteiger partial charge is 0.122 e. The van der Waals surface area contributed by atoms with E-state index in [-0.39, 0.29) is 0 Å². The molecular formula is C16H25NO3. The molecule has 2 N–H and O–H groups in total. The van der Waals surface area contributed by atoms with Crippen LogP contribution >= 0.6 is 0 Å². The van der Waals surface area contributed by atoms with Crippen molar-refractivity contribution in [2.45, 2.75) is 25.4 Å². The molecule has 4 heteroatoms. The van der Waals surface area contributed by atoms with Gasteiger partial charge in [0.15, 0.2) is 0 Å². The molecule has 2 rings (SSSR count). The van der Waals surface area contributed by atoms with Crippen LogP contribution in [0.1, 0.15) is 18.4 Å². The zero-order chi connectivity index (χ0) is 14.2. The summed E-state index contributed by atoms with van der Waals surface area (Å²) in [5.74, 6) is 1.67. The van der Waals surface area contributed by atoms with Crippen molar-refractivity contribution in [3.05, 3.63) is 29.8 Å². The number of benzene rings is 1. The first-order valence-corrected chi connectivity index (χ1v) is 7.38. The molecule has 0 bridgehead atoms. The Balaban J connectivity index is 1.55. The van der Waals surface area contributed by atoms with E-state index in [0.29, 0.717) is 13.2 Å². The lowest BCUT2D eigenvalue weighted by Gasteiger charge is -2.13. The van der Waals surface area contributed by atoms with Gasteiger partial charge in [-0.1, -0.05) is 18.2 Å². The fourth-order valence-electron chi connectivity index (χ4n) is 2.12. The van der Waals surface area contributed by atoms with E-state index < -0.39 is 6.10 Å². The highest BCUT2D eigenvalue weighted by atomic mass is 16.5. The van der Waals surface area contributed by atoms with Crippen LogP contribution in [0.5, 0.6) is 5.75 Å². The fraction of sp³-hybridized carbons (Fsp3) is 0.625. The first kappa shape index (κ1) is 15.3. The van der Waals surface area contributed by atoms with Crippen LogP contribution in [0.15, 0.2) is 24.3 Å². The van der Waals surface area contributed by atoms with Crippen LogP contribution in [-0.2, 0) is 11.2 Å². The molecule has 0 radical (unpaired) electrons. The van der Waals surface area contributed by atoms with Gasteiger partial charge < -0.3 is 19.9 Å².